The van der Waals surface area contributed by atoms with Crippen LogP contribution in [0.2, 0.25) is 0 Å². The molecule has 0 saturated carbocycles. The standard InChI is InChI=1S/C17H16N4O6S2/c22-13(19-16(24)18-9-11-3-1-7-28-11)10-26-14(23)5-6-21-17(25)27-15(20-21)12-4-2-8-29-12/h1-4,7-8H,5-6,9-10H2,(H2,18,19,22,24). The van der Waals surface area contributed by atoms with Crippen LogP contribution in [0.1, 0.15) is 11.3 Å². The zero-order chi connectivity index (χ0) is 20.6. The number of amides is 3. The largest absolute Gasteiger partial charge is 0.456 e. The summed E-state index contributed by atoms with van der Waals surface area (Å²) >= 11 is 2.84. The normalized spacial score (nSPS) is 10.5. The predicted molar refractivity (Wildman–Crippen MR) is 104 cm³/mol. The van der Waals surface area contributed by atoms with Crippen LogP contribution in [-0.2, 0) is 27.4 Å². The number of nitrogens with zero attached hydrogens (tertiary/aromatic N) is 2. The summed E-state index contributed by atoms with van der Waals surface area (Å²) in [5, 5.41) is 12.3. The first-order valence-electron chi connectivity index (χ1n) is 8.39. The van der Waals surface area contributed by atoms with E-state index in [2.05, 4.69) is 15.7 Å². The molecule has 3 rings (SSSR count). The van der Waals surface area contributed by atoms with E-state index in [0.717, 1.165) is 9.56 Å². The third kappa shape index (κ3) is 6.12. The minimum absolute atomic E-state index is 0.0601. The van der Waals surface area contributed by atoms with Crippen LogP contribution in [0.3, 0.4) is 0 Å². The molecule has 0 aliphatic heterocycles. The molecule has 2 N–H and O–H groups in total. The molecule has 0 aliphatic rings. The van der Waals surface area contributed by atoms with Crippen molar-refractivity contribution in [1.82, 2.24) is 20.4 Å². The zero-order valence-corrected chi connectivity index (χ0v) is 16.6. The van der Waals surface area contributed by atoms with E-state index in [1.807, 2.05) is 22.9 Å². The van der Waals surface area contributed by atoms with Crippen molar-refractivity contribution in [3.8, 4) is 10.8 Å². The van der Waals surface area contributed by atoms with Gasteiger partial charge in [0.05, 0.1) is 24.4 Å². The average molecular weight is 436 g/mol. The maximum absolute atomic E-state index is 11.8. The maximum atomic E-state index is 11.8. The van der Waals surface area contributed by atoms with Crippen molar-refractivity contribution in [2.24, 2.45) is 0 Å². The Balaban J connectivity index is 1.37. The van der Waals surface area contributed by atoms with Gasteiger partial charge in [-0.25, -0.2) is 9.59 Å². The van der Waals surface area contributed by atoms with Crippen LogP contribution in [0.25, 0.3) is 10.8 Å². The Hall–Kier alpha value is -3.25. The third-order valence-electron chi connectivity index (χ3n) is 3.49. The number of carbonyl (C=O) groups excluding carboxylic acids is 3. The number of esters is 1. The SMILES string of the molecule is O=C(COC(=O)CCn1nc(-c2cccs2)oc1=O)NC(=O)NCc1cccs1. The topological polar surface area (TPSA) is 133 Å². The molecule has 0 aromatic carbocycles. The summed E-state index contributed by atoms with van der Waals surface area (Å²) in [6, 6.07) is 6.56. The Morgan fingerprint density at radius 3 is 2.69 bits per heavy atom. The minimum atomic E-state index is -0.763. The lowest BCUT2D eigenvalue weighted by Gasteiger charge is -2.06. The van der Waals surface area contributed by atoms with Gasteiger partial charge in [-0.15, -0.1) is 27.8 Å². The highest BCUT2D eigenvalue weighted by atomic mass is 32.1. The molecule has 3 heterocycles. The molecule has 10 nitrogen and oxygen atoms in total. The molecule has 3 amide bonds. The van der Waals surface area contributed by atoms with Crippen molar-refractivity contribution in [1.29, 1.82) is 0 Å². The molecule has 152 valence electrons. The summed E-state index contributed by atoms with van der Waals surface area (Å²) in [5.74, 6) is -2.00. The van der Waals surface area contributed by atoms with Crippen LogP contribution in [0.4, 0.5) is 4.79 Å². The number of ether oxygens (including phenoxy) is 1. The van der Waals surface area contributed by atoms with Gasteiger partial charge in [0, 0.05) is 4.88 Å². The van der Waals surface area contributed by atoms with Crippen molar-refractivity contribution in [3.63, 3.8) is 0 Å². The summed E-state index contributed by atoms with van der Waals surface area (Å²) < 4.78 is 10.8. The van der Waals surface area contributed by atoms with E-state index in [1.165, 1.54) is 22.7 Å². The number of rotatable bonds is 8. The number of aryl methyl sites for hydroxylation is 1. The van der Waals surface area contributed by atoms with Gasteiger partial charge < -0.3 is 14.5 Å². The Morgan fingerprint density at radius 1 is 1.17 bits per heavy atom. The molecule has 0 unspecified atom stereocenters. The molecule has 0 atom stereocenters. The van der Waals surface area contributed by atoms with Gasteiger partial charge in [0.15, 0.2) is 6.61 Å². The predicted octanol–water partition coefficient (Wildman–Crippen LogP) is 1.59. The molecule has 0 bridgehead atoms. The van der Waals surface area contributed by atoms with Crippen LogP contribution in [0.15, 0.2) is 44.2 Å². The van der Waals surface area contributed by atoms with E-state index in [4.69, 9.17) is 9.15 Å². The number of imide groups is 1. The number of nitrogens with one attached hydrogen (secondary N) is 2. The Bertz CT molecular complexity index is 1020. The van der Waals surface area contributed by atoms with Crippen LogP contribution >= 0.6 is 22.7 Å². The molecule has 29 heavy (non-hydrogen) atoms. The van der Waals surface area contributed by atoms with Crippen molar-refractivity contribution < 1.29 is 23.5 Å². The summed E-state index contributed by atoms with van der Waals surface area (Å²) in [6.45, 7) is -0.384. The fraction of sp³-hybridized carbons (Fsp3) is 0.235. The van der Waals surface area contributed by atoms with E-state index >= 15 is 0 Å². The molecule has 0 radical (unpaired) electrons. The Labute approximate surface area is 172 Å². The van der Waals surface area contributed by atoms with Gasteiger partial charge in [-0.1, -0.05) is 12.1 Å². The van der Waals surface area contributed by atoms with Crippen molar-refractivity contribution in [2.45, 2.75) is 19.5 Å². The fourth-order valence-electron chi connectivity index (χ4n) is 2.15. The molecule has 0 aliphatic carbocycles. The molecular weight excluding hydrogens is 420 g/mol. The van der Waals surface area contributed by atoms with Gasteiger partial charge in [-0.3, -0.25) is 14.9 Å². The third-order valence-corrected chi connectivity index (χ3v) is 5.22. The lowest BCUT2D eigenvalue weighted by molar-refractivity contribution is -0.148. The van der Waals surface area contributed by atoms with Gasteiger partial charge >= 0.3 is 17.8 Å². The zero-order valence-electron chi connectivity index (χ0n) is 15.0. The van der Waals surface area contributed by atoms with Gasteiger partial charge in [0.1, 0.15) is 0 Å². The van der Waals surface area contributed by atoms with Crippen LogP contribution in [0, 0.1) is 0 Å². The van der Waals surface area contributed by atoms with Gasteiger partial charge in [-0.05, 0) is 22.9 Å². The van der Waals surface area contributed by atoms with Crippen molar-refractivity contribution in [2.75, 3.05) is 6.61 Å². The summed E-state index contributed by atoms with van der Waals surface area (Å²) in [7, 11) is 0. The number of aromatic nitrogens is 2. The highest BCUT2D eigenvalue weighted by Crippen LogP contribution is 2.21. The molecule has 12 heteroatoms. The van der Waals surface area contributed by atoms with Crippen LogP contribution < -0.4 is 16.4 Å². The monoisotopic (exact) mass is 436 g/mol. The minimum Gasteiger partial charge on any atom is -0.456 e. The van der Waals surface area contributed by atoms with E-state index in [1.54, 1.807) is 12.1 Å². The number of carbonyl (C=O) groups is 3. The van der Waals surface area contributed by atoms with Gasteiger partial charge in [0.2, 0.25) is 0 Å². The highest BCUT2D eigenvalue weighted by molar-refractivity contribution is 7.13. The second-order valence-corrected chi connectivity index (χ2v) is 7.57. The van der Waals surface area contributed by atoms with Gasteiger partial charge in [-0.2, -0.15) is 4.68 Å². The second kappa shape index (κ2) is 9.80. The summed E-state index contributed by atoms with van der Waals surface area (Å²) in [4.78, 5) is 48.4. The lowest BCUT2D eigenvalue weighted by Crippen LogP contribution is -2.41. The first kappa shape index (κ1) is 20.5. The number of urea groups is 1. The van der Waals surface area contributed by atoms with Crippen LogP contribution in [0.5, 0.6) is 0 Å². The van der Waals surface area contributed by atoms with E-state index < -0.39 is 30.3 Å². The quantitative estimate of drug-likeness (QED) is 0.512. The Kier molecular flexibility index (Phi) is 6.92. The number of thiophene rings is 2. The number of hydrogen-bond acceptors (Lipinski definition) is 9. The Morgan fingerprint density at radius 2 is 1.97 bits per heavy atom. The van der Waals surface area contributed by atoms with E-state index in [-0.39, 0.29) is 25.4 Å². The maximum Gasteiger partial charge on any atom is 0.437 e. The van der Waals surface area contributed by atoms with E-state index in [9.17, 15) is 19.2 Å². The van der Waals surface area contributed by atoms with Gasteiger partial charge in [0.25, 0.3) is 11.8 Å². The molecule has 3 aromatic heterocycles. The fourth-order valence-corrected chi connectivity index (χ4v) is 3.44. The highest BCUT2D eigenvalue weighted by Gasteiger charge is 2.14. The molecular formula is C17H16N4O6S2. The summed E-state index contributed by atoms with van der Waals surface area (Å²) in [5.41, 5.74) is 0. The van der Waals surface area contributed by atoms with Crippen LogP contribution in [-0.4, -0.2) is 34.3 Å². The number of hydrogen-bond donors (Lipinski definition) is 2. The second-order valence-electron chi connectivity index (χ2n) is 5.59. The lowest BCUT2D eigenvalue weighted by atomic mass is 10.4. The first-order chi connectivity index (χ1) is 14.0. The molecule has 0 saturated heterocycles. The molecule has 0 fully saturated rings. The average Bonchev–Trinajstić information content (AvgIpc) is 3.44. The smallest absolute Gasteiger partial charge is 0.437 e. The molecule has 0 spiro atoms. The summed E-state index contributed by atoms with van der Waals surface area (Å²) in [6.07, 6.45) is -0.186. The van der Waals surface area contributed by atoms with Crippen molar-refractivity contribution >= 4 is 40.6 Å². The van der Waals surface area contributed by atoms with Crippen molar-refractivity contribution in [3.05, 3.63) is 50.5 Å². The van der Waals surface area contributed by atoms with E-state index in [0.29, 0.717) is 4.88 Å². The molecule has 3 aromatic rings. The first-order valence-corrected chi connectivity index (χ1v) is 10.1.